The lowest BCUT2D eigenvalue weighted by atomic mass is 9.68. The van der Waals surface area contributed by atoms with E-state index in [4.69, 9.17) is 0 Å². The van der Waals surface area contributed by atoms with Crippen molar-refractivity contribution in [3.8, 4) is 0 Å². The summed E-state index contributed by atoms with van der Waals surface area (Å²) in [7, 11) is 0. The standard InChI is InChI=1S/C25H27FN4/c1-4-18-11-22-19(12-23(18)30-14-25(9-6-10-25)13-16(30)2)24(28-15-27-22)29-21-8-5-7-20(26)17(21)3/h5,7-8,11-12,15H,2,4,6,9-10,13-14H2,1,3H3,(H,27,28,29). The Morgan fingerprint density at radius 3 is 2.77 bits per heavy atom. The molecule has 3 aromatic rings. The van der Waals surface area contributed by atoms with Gasteiger partial charge in [0.2, 0.25) is 0 Å². The quantitative estimate of drug-likeness (QED) is 0.558. The van der Waals surface area contributed by atoms with E-state index >= 15 is 0 Å². The lowest BCUT2D eigenvalue weighted by molar-refractivity contribution is 0.168. The summed E-state index contributed by atoms with van der Waals surface area (Å²) in [6.07, 6.45) is 7.51. The van der Waals surface area contributed by atoms with Crippen LogP contribution in [0.1, 0.15) is 43.7 Å². The molecule has 1 saturated heterocycles. The van der Waals surface area contributed by atoms with Gasteiger partial charge in [-0.25, -0.2) is 14.4 Å². The predicted octanol–water partition coefficient (Wildman–Crippen LogP) is 6.28. The van der Waals surface area contributed by atoms with Gasteiger partial charge in [-0.2, -0.15) is 0 Å². The highest BCUT2D eigenvalue weighted by Crippen LogP contribution is 2.53. The Morgan fingerprint density at radius 1 is 1.23 bits per heavy atom. The molecule has 4 nitrogen and oxygen atoms in total. The molecule has 1 spiro atoms. The van der Waals surface area contributed by atoms with E-state index in [1.54, 1.807) is 19.3 Å². The summed E-state index contributed by atoms with van der Waals surface area (Å²) in [6, 6.07) is 9.40. The van der Waals surface area contributed by atoms with Crippen LogP contribution >= 0.6 is 0 Å². The minimum atomic E-state index is -0.230. The second-order valence-corrected chi connectivity index (χ2v) is 8.79. The molecule has 1 aliphatic carbocycles. The first-order valence-corrected chi connectivity index (χ1v) is 10.7. The smallest absolute Gasteiger partial charge is 0.141 e. The van der Waals surface area contributed by atoms with Gasteiger partial charge in [-0.1, -0.05) is 26.0 Å². The number of fused-ring (bicyclic) bond motifs is 1. The lowest BCUT2D eigenvalue weighted by Gasteiger charge is -2.38. The van der Waals surface area contributed by atoms with Crippen molar-refractivity contribution >= 4 is 28.1 Å². The number of benzene rings is 2. The van der Waals surface area contributed by atoms with Gasteiger partial charge in [0, 0.05) is 34.6 Å². The van der Waals surface area contributed by atoms with E-state index in [1.807, 2.05) is 6.07 Å². The predicted molar refractivity (Wildman–Crippen MR) is 121 cm³/mol. The summed E-state index contributed by atoms with van der Waals surface area (Å²) < 4.78 is 14.0. The van der Waals surface area contributed by atoms with Crippen LogP contribution < -0.4 is 10.2 Å². The number of halogens is 1. The van der Waals surface area contributed by atoms with Gasteiger partial charge >= 0.3 is 0 Å². The fourth-order valence-corrected chi connectivity index (χ4v) is 4.94. The SMILES string of the molecule is C=C1CC2(CCC2)CN1c1cc2c(Nc3cccc(F)c3C)ncnc2cc1CC. The first kappa shape index (κ1) is 19.0. The third kappa shape index (κ3) is 3.04. The van der Waals surface area contributed by atoms with Crippen molar-refractivity contribution in [3.05, 3.63) is 65.9 Å². The van der Waals surface area contributed by atoms with Gasteiger partial charge in [-0.05, 0) is 67.9 Å². The normalized spacial score (nSPS) is 17.6. The molecule has 0 unspecified atom stereocenters. The molecule has 1 N–H and O–H groups in total. The summed E-state index contributed by atoms with van der Waals surface area (Å²) in [4.78, 5) is 11.4. The molecule has 5 rings (SSSR count). The zero-order valence-electron chi connectivity index (χ0n) is 17.6. The van der Waals surface area contributed by atoms with Crippen molar-refractivity contribution < 1.29 is 4.39 Å². The van der Waals surface area contributed by atoms with Crippen molar-refractivity contribution in [2.45, 2.75) is 46.0 Å². The van der Waals surface area contributed by atoms with Crippen LogP contribution in [0, 0.1) is 18.2 Å². The van der Waals surface area contributed by atoms with Gasteiger partial charge in [0.25, 0.3) is 0 Å². The third-order valence-electron chi connectivity index (χ3n) is 6.90. The zero-order valence-corrected chi connectivity index (χ0v) is 17.6. The molecule has 1 saturated carbocycles. The summed E-state index contributed by atoms with van der Waals surface area (Å²) in [5.41, 5.74) is 6.29. The summed E-state index contributed by atoms with van der Waals surface area (Å²) >= 11 is 0. The molecule has 1 aromatic heterocycles. The minimum Gasteiger partial charge on any atom is -0.345 e. The van der Waals surface area contributed by atoms with Gasteiger partial charge in [0.15, 0.2) is 0 Å². The van der Waals surface area contributed by atoms with Crippen LogP contribution in [0.15, 0.2) is 48.9 Å². The molecule has 0 atom stereocenters. The average molecular weight is 403 g/mol. The van der Waals surface area contributed by atoms with Crippen molar-refractivity contribution in [3.63, 3.8) is 0 Å². The van der Waals surface area contributed by atoms with Gasteiger partial charge in [-0.3, -0.25) is 0 Å². The number of anilines is 3. The summed E-state index contributed by atoms with van der Waals surface area (Å²) in [5.74, 6) is 0.465. The Morgan fingerprint density at radius 2 is 2.07 bits per heavy atom. The molecule has 1 aliphatic heterocycles. The number of aryl methyl sites for hydroxylation is 1. The number of aromatic nitrogens is 2. The fraction of sp³-hybridized carbons (Fsp3) is 0.360. The Hall–Kier alpha value is -2.95. The summed E-state index contributed by atoms with van der Waals surface area (Å²) in [5, 5.41) is 4.27. The van der Waals surface area contributed by atoms with Gasteiger partial charge < -0.3 is 10.2 Å². The molecule has 2 heterocycles. The molecule has 0 bridgehead atoms. The highest BCUT2D eigenvalue weighted by atomic mass is 19.1. The van der Waals surface area contributed by atoms with E-state index < -0.39 is 0 Å². The Kier molecular flexibility index (Phi) is 4.49. The van der Waals surface area contributed by atoms with E-state index in [0.717, 1.165) is 36.0 Å². The Bertz CT molecular complexity index is 1150. The van der Waals surface area contributed by atoms with Crippen molar-refractivity contribution in [2.24, 2.45) is 5.41 Å². The van der Waals surface area contributed by atoms with Crippen LogP contribution in [0.3, 0.4) is 0 Å². The second-order valence-electron chi connectivity index (χ2n) is 8.79. The first-order valence-electron chi connectivity index (χ1n) is 10.7. The van der Waals surface area contributed by atoms with Gasteiger partial charge in [-0.15, -0.1) is 0 Å². The van der Waals surface area contributed by atoms with Crippen LogP contribution in [-0.2, 0) is 6.42 Å². The van der Waals surface area contributed by atoms with E-state index in [0.29, 0.717) is 16.8 Å². The topological polar surface area (TPSA) is 41.0 Å². The maximum Gasteiger partial charge on any atom is 0.141 e. The fourth-order valence-electron chi connectivity index (χ4n) is 4.94. The van der Waals surface area contributed by atoms with E-state index in [1.165, 1.54) is 42.3 Å². The molecule has 0 amide bonds. The lowest BCUT2D eigenvalue weighted by Crippen LogP contribution is -2.33. The first-order chi connectivity index (χ1) is 14.5. The highest BCUT2D eigenvalue weighted by Gasteiger charge is 2.45. The molecule has 154 valence electrons. The van der Waals surface area contributed by atoms with Crippen molar-refractivity contribution in [1.29, 1.82) is 0 Å². The second kappa shape index (κ2) is 7.08. The van der Waals surface area contributed by atoms with Crippen LogP contribution in [0.25, 0.3) is 10.9 Å². The molecule has 5 heteroatoms. The van der Waals surface area contributed by atoms with Crippen molar-refractivity contribution in [1.82, 2.24) is 9.97 Å². The average Bonchev–Trinajstić information content (AvgIpc) is 3.08. The number of hydrogen-bond acceptors (Lipinski definition) is 4. The summed E-state index contributed by atoms with van der Waals surface area (Å²) in [6.45, 7) is 9.39. The highest BCUT2D eigenvalue weighted by molar-refractivity contribution is 5.94. The maximum absolute atomic E-state index is 14.0. The van der Waals surface area contributed by atoms with Gasteiger partial charge in [0.1, 0.15) is 18.0 Å². The molecule has 2 fully saturated rings. The zero-order chi connectivity index (χ0) is 20.9. The number of nitrogens with one attached hydrogen (secondary N) is 1. The monoisotopic (exact) mass is 402 g/mol. The van der Waals surface area contributed by atoms with E-state index in [-0.39, 0.29) is 5.82 Å². The minimum absolute atomic E-state index is 0.230. The molecule has 30 heavy (non-hydrogen) atoms. The van der Waals surface area contributed by atoms with E-state index in [2.05, 4.69) is 45.8 Å². The molecular formula is C25H27FN4. The van der Waals surface area contributed by atoms with Crippen LogP contribution in [0.5, 0.6) is 0 Å². The number of hydrogen-bond donors (Lipinski definition) is 1. The molecular weight excluding hydrogens is 375 g/mol. The maximum atomic E-state index is 14.0. The van der Waals surface area contributed by atoms with Crippen molar-refractivity contribution in [2.75, 3.05) is 16.8 Å². The largest absolute Gasteiger partial charge is 0.345 e. The molecule has 0 radical (unpaired) electrons. The van der Waals surface area contributed by atoms with Crippen LogP contribution in [0.2, 0.25) is 0 Å². The molecule has 2 aromatic carbocycles. The van der Waals surface area contributed by atoms with E-state index in [9.17, 15) is 4.39 Å². The Balaban J connectivity index is 1.59. The number of nitrogens with zero attached hydrogens (tertiary/aromatic N) is 3. The van der Waals surface area contributed by atoms with Gasteiger partial charge in [0.05, 0.1) is 5.52 Å². The van der Waals surface area contributed by atoms with Crippen LogP contribution in [-0.4, -0.2) is 16.5 Å². The van der Waals surface area contributed by atoms with Crippen LogP contribution in [0.4, 0.5) is 21.6 Å². The number of rotatable bonds is 4. The number of allylic oxidation sites excluding steroid dienone is 1. The third-order valence-corrected chi connectivity index (χ3v) is 6.90. The Labute approximate surface area is 176 Å². The molecule has 2 aliphatic rings.